The standard InChI is InChI=1S/C17H12N2O2/c20-11-14-8-4-5-9-16(14)21-17-10-15(18-12-19-17)13-6-2-1-3-7-13/h1-12H. The first-order valence-corrected chi connectivity index (χ1v) is 6.46. The van der Waals surface area contributed by atoms with Crippen molar-refractivity contribution < 1.29 is 9.53 Å². The van der Waals surface area contributed by atoms with E-state index in [9.17, 15) is 4.79 Å². The zero-order chi connectivity index (χ0) is 14.5. The minimum atomic E-state index is 0.401. The predicted octanol–water partition coefficient (Wildman–Crippen LogP) is 3.75. The summed E-state index contributed by atoms with van der Waals surface area (Å²) in [7, 11) is 0. The second-order valence-electron chi connectivity index (χ2n) is 4.37. The van der Waals surface area contributed by atoms with E-state index in [4.69, 9.17) is 4.74 Å². The summed E-state index contributed by atoms with van der Waals surface area (Å²) in [6, 6.07) is 18.5. The van der Waals surface area contributed by atoms with E-state index in [1.807, 2.05) is 36.4 Å². The van der Waals surface area contributed by atoms with Gasteiger partial charge in [0.25, 0.3) is 0 Å². The van der Waals surface area contributed by atoms with Crippen LogP contribution in [0.3, 0.4) is 0 Å². The first-order valence-electron chi connectivity index (χ1n) is 6.46. The number of aldehydes is 1. The molecule has 0 unspecified atom stereocenters. The van der Waals surface area contributed by atoms with Gasteiger partial charge in [0, 0.05) is 11.6 Å². The van der Waals surface area contributed by atoms with Crippen molar-refractivity contribution >= 4 is 6.29 Å². The molecule has 3 aromatic rings. The molecule has 0 saturated heterocycles. The number of aromatic nitrogens is 2. The molecule has 0 aliphatic carbocycles. The van der Waals surface area contributed by atoms with Crippen LogP contribution in [0.15, 0.2) is 67.0 Å². The molecule has 3 rings (SSSR count). The van der Waals surface area contributed by atoms with Gasteiger partial charge in [0.2, 0.25) is 5.88 Å². The van der Waals surface area contributed by atoms with E-state index in [-0.39, 0.29) is 0 Å². The molecule has 0 spiro atoms. The average Bonchev–Trinajstić information content (AvgIpc) is 2.56. The maximum absolute atomic E-state index is 11.0. The number of para-hydroxylation sites is 1. The van der Waals surface area contributed by atoms with Crippen molar-refractivity contribution in [1.29, 1.82) is 0 Å². The van der Waals surface area contributed by atoms with Gasteiger partial charge in [0.05, 0.1) is 11.3 Å². The zero-order valence-electron chi connectivity index (χ0n) is 11.1. The van der Waals surface area contributed by atoms with Crippen molar-refractivity contribution in [2.24, 2.45) is 0 Å². The fraction of sp³-hybridized carbons (Fsp3) is 0. The predicted molar refractivity (Wildman–Crippen MR) is 79.4 cm³/mol. The minimum absolute atomic E-state index is 0.401. The topological polar surface area (TPSA) is 52.1 Å². The Balaban J connectivity index is 1.92. The van der Waals surface area contributed by atoms with Crippen molar-refractivity contribution in [3.05, 3.63) is 72.6 Å². The highest BCUT2D eigenvalue weighted by molar-refractivity contribution is 5.79. The Bertz CT molecular complexity index is 758. The normalized spacial score (nSPS) is 10.1. The summed E-state index contributed by atoms with van der Waals surface area (Å²) in [5, 5.41) is 0. The summed E-state index contributed by atoms with van der Waals surface area (Å²) in [6.45, 7) is 0. The van der Waals surface area contributed by atoms with Crippen LogP contribution in [0.2, 0.25) is 0 Å². The number of ether oxygens (including phenoxy) is 1. The van der Waals surface area contributed by atoms with Crippen LogP contribution in [0.5, 0.6) is 11.6 Å². The largest absolute Gasteiger partial charge is 0.438 e. The van der Waals surface area contributed by atoms with Gasteiger partial charge in [0.15, 0.2) is 6.29 Å². The fourth-order valence-electron chi connectivity index (χ4n) is 1.95. The number of benzene rings is 2. The molecule has 0 bridgehead atoms. The minimum Gasteiger partial charge on any atom is -0.438 e. The van der Waals surface area contributed by atoms with Crippen LogP contribution >= 0.6 is 0 Å². The second kappa shape index (κ2) is 5.96. The van der Waals surface area contributed by atoms with Gasteiger partial charge in [-0.05, 0) is 12.1 Å². The molecule has 4 nitrogen and oxygen atoms in total. The van der Waals surface area contributed by atoms with E-state index in [1.54, 1.807) is 24.3 Å². The van der Waals surface area contributed by atoms with E-state index in [1.165, 1.54) is 6.33 Å². The van der Waals surface area contributed by atoms with Gasteiger partial charge in [0.1, 0.15) is 12.1 Å². The summed E-state index contributed by atoms with van der Waals surface area (Å²) in [5.41, 5.74) is 2.23. The molecule has 0 aliphatic heterocycles. The Labute approximate surface area is 122 Å². The van der Waals surface area contributed by atoms with Gasteiger partial charge < -0.3 is 4.74 Å². The van der Waals surface area contributed by atoms with Crippen LogP contribution < -0.4 is 4.74 Å². The quantitative estimate of drug-likeness (QED) is 0.681. The first-order chi connectivity index (χ1) is 10.4. The van der Waals surface area contributed by atoms with Gasteiger partial charge in [-0.15, -0.1) is 0 Å². The molecular weight excluding hydrogens is 264 g/mol. The molecule has 102 valence electrons. The third kappa shape index (κ3) is 2.95. The van der Waals surface area contributed by atoms with Crippen molar-refractivity contribution in [1.82, 2.24) is 9.97 Å². The third-order valence-electron chi connectivity index (χ3n) is 2.97. The third-order valence-corrected chi connectivity index (χ3v) is 2.97. The lowest BCUT2D eigenvalue weighted by Gasteiger charge is -2.07. The lowest BCUT2D eigenvalue weighted by molar-refractivity contribution is 0.112. The Kier molecular flexibility index (Phi) is 3.69. The molecule has 1 heterocycles. The SMILES string of the molecule is O=Cc1ccccc1Oc1cc(-c2ccccc2)ncn1. The van der Waals surface area contributed by atoms with E-state index < -0.39 is 0 Å². The van der Waals surface area contributed by atoms with Crippen LogP contribution in [-0.4, -0.2) is 16.3 Å². The second-order valence-corrected chi connectivity index (χ2v) is 4.37. The fourth-order valence-corrected chi connectivity index (χ4v) is 1.95. The van der Waals surface area contributed by atoms with E-state index in [0.29, 0.717) is 17.2 Å². The average molecular weight is 276 g/mol. The van der Waals surface area contributed by atoms with Crippen molar-refractivity contribution in [3.8, 4) is 22.9 Å². The molecule has 0 atom stereocenters. The highest BCUT2D eigenvalue weighted by Gasteiger charge is 2.06. The van der Waals surface area contributed by atoms with Crippen LogP contribution in [0.1, 0.15) is 10.4 Å². The summed E-state index contributed by atoms with van der Waals surface area (Å²) in [5.74, 6) is 0.878. The van der Waals surface area contributed by atoms with Crippen LogP contribution in [0.4, 0.5) is 0 Å². The lowest BCUT2D eigenvalue weighted by atomic mass is 10.1. The maximum atomic E-state index is 11.0. The van der Waals surface area contributed by atoms with Crippen molar-refractivity contribution in [3.63, 3.8) is 0 Å². The number of hydrogen-bond acceptors (Lipinski definition) is 4. The van der Waals surface area contributed by atoms with E-state index >= 15 is 0 Å². The Morgan fingerprint density at radius 2 is 1.67 bits per heavy atom. The highest BCUT2D eigenvalue weighted by atomic mass is 16.5. The molecule has 0 fully saturated rings. The van der Waals surface area contributed by atoms with E-state index in [0.717, 1.165) is 17.5 Å². The molecule has 0 N–H and O–H groups in total. The zero-order valence-corrected chi connectivity index (χ0v) is 11.1. The molecule has 2 aromatic carbocycles. The summed E-state index contributed by atoms with van der Waals surface area (Å²) < 4.78 is 5.68. The van der Waals surface area contributed by atoms with Gasteiger partial charge >= 0.3 is 0 Å². The van der Waals surface area contributed by atoms with Crippen molar-refractivity contribution in [2.45, 2.75) is 0 Å². The Morgan fingerprint density at radius 1 is 0.905 bits per heavy atom. The molecule has 4 heteroatoms. The van der Waals surface area contributed by atoms with Crippen LogP contribution in [0.25, 0.3) is 11.3 Å². The summed E-state index contributed by atoms with van der Waals surface area (Å²) in [6.07, 6.45) is 2.20. The summed E-state index contributed by atoms with van der Waals surface area (Å²) in [4.78, 5) is 19.3. The molecule has 0 radical (unpaired) electrons. The Morgan fingerprint density at radius 3 is 2.48 bits per heavy atom. The number of carbonyl (C=O) groups excluding carboxylic acids is 1. The van der Waals surface area contributed by atoms with Gasteiger partial charge in [-0.2, -0.15) is 0 Å². The molecule has 0 saturated carbocycles. The number of carbonyl (C=O) groups is 1. The lowest BCUT2D eigenvalue weighted by Crippen LogP contribution is -1.94. The molecular formula is C17H12N2O2. The van der Waals surface area contributed by atoms with Gasteiger partial charge in [-0.1, -0.05) is 42.5 Å². The van der Waals surface area contributed by atoms with Crippen molar-refractivity contribution in [2.75, 3.05) is 0 Å². The van der Waals surface area contributed by atoms with Gasteiger partial charge in [-0.3, -0.25) is 4.79 Å². The van der Waals surface area contributed by atoms with Crippen LogP contribution in [-0.2, 0) is 0 Å². The van der Waals surface area contributed by atoms with Gasteiger partial charge in [-0.25, -0.2) is 9.97 Å². The number of rotatable bonds is 4. The molecule has 1 aromatic heterocycles. The smallest absolute Gasteiger partial charge is 0.222 e. The van der Waals surface area contributed by atoms with Crippen LogP contribution in [0, 0.1) is 0 Å². The first kappa shape index (κ1) is 13.0. The molecule has 0 aliphatic rings. The maximum Gasteiger partial charge on any atom is 0.222 e. The monoisotopic (exact) mass is 276 g/mol. The number of nitrogens with zero attached hydrogens (tertiary/aromatic N) is 2. The highest BCUT2D eigenvalue weighted by Crippen LogP contribution is 2.25. The molecule has 21 heavy (non-hydrogen) atoms. The van der Waals surface area contributed by atoms with E-state index in [2.05, 4.69) is 9.97 Å². The number of hydrogen-bond donors (Lipinski definition) is 0. The summed E-state index contributed by atoms with van der Waals surface area (Å²) >= 11 is 0. The molecule has 0 amide bonds. The Hall–Kier alpha value is -3.01.